The monoisotopic (exact) mass is 196 g/mol. The highest BCUT2D eigenvalue weighted by Crippen LogP contribution is 2.10. The van der Waals surface area contributed by atoms with Crippen LogP contribution in [0.2, 0.25) is 0 Å². The van der Waals surface area contributed by atoms with Gasteiger partial charge in [-0.3, -0.25) is 4.21 Å². The lowest BCUT2D eigenvalue weighted by Crippen LogP contribution is -2.17. The van der Waals surface area contributed by atoms with Gasteiger partial charge in [-0.25, -0.2) is 4.83 Å². The topological polar surface area (TPSA) is 70.0 Å². The van der Waals surface area contributed by atoms with Gasteiger partial charge in [0.05, 0.1) is 23.0 Å². The minimum atomic E-state index is -2.35. The third-order valence-corrected chi connectivity index (χ3v) is 1.96. The van der Waals surface area contributed by atoms with E-state index in [-0.39, 0.29) is 0 Å². The van der Waals surface area contributed by atoms with Gasteiger partial charge in [-0.1, -0.05) is 18.2 Å². The largest absolute Gasteiger partial charge is 0.754 e. The first-order chi connectivity index (χ1) is 6.27. The Labute approximate surface area is 76.8 Å². The molecule has 68 valence electrons. The van der Waals surface area contributed by atoms with Crippen LogP contribution in [0.15, 0.2) is 30.5 Å². The average molecular weight is 196 g/mol. The van der Waals surface area contributed by atoms with E-state index in [0.29, 0.717) is 0 Å². The predicted octanol–water partition coefficient (Wildman–Crippen LogP) is 0.374. The maximum absolute atomic E-state index is 10.3. The van der Waals surface area contributed by atoms with Crippen LogP contribution in [0, 0.1) is 0 Å². The van der Waals surface area contributed by atoms with Gasteiger partial charge >= 0.3 is 0 Å². The van der Waals surface area contributed by atoms with E-state index in [1.165, 1.54) is 4.79 Å². The number of aromatic nitrogens is 2. The molecule has 0 saturated heterocycles. The van der Waals surface area contributed by atoms with Gasteiger partial charge in [0.2, 0.25) is 0 Å². The molecule has 1 heterocycles. The summed E-state index contributed by atoms with van der Waals surface area (Å²) in [5.41, 5.74) is 0.728. The molecule has 1 aromatic carbocycles. The fraction of sp³-hybridized carbons (Fsp3) is 0. The zero-order chi connectivity index (χ0) is 9.26. The predicted molar refractivity (Wildman–Crippen MR) is 48.0 cm³/mol. The molecule has 6 heteroatoms. The first-order valence-electron chi connectivity index (χ1n) is 3.56. The molecule has 13 heavy (non-hydrogen) atoms. The zero-order valence-electron chi connectivity index (χ0n) is 6.51. The summed E-state index contributed by atoms with van der Waals surface area (Å²) >= 11 is -2.35. The van der Waals surface area contributed by atoms with E-state index >= 15 is 0 Å². The number of hydrogen-bond donors (Lipinski definition) is 1. The van der Waals surface area contributed by atoms with Crippen LogP contribution in [-0.4, -0.2) is 18.7 Å². The summed E-state index contributed by atoms with van der Waals surface area (Å²) in [5.74, 6) is 0. The van der Waals surface area contributed by atoms with Crippen LogP contribution in [-0.2, 0) is 11.3 Å². The van der Waals surface area contributed by atoms with E-state index in [1.807, 2.05) is 18.2 Å². The maximum Gasteiger partial charge on any atom is 0.0928 e. The third-order valence-electron chi connectivity index (χ3n) is 1.64. The molecule has 1 atom stereocenters. The van der Waals surface area contributed by atoms with Crippen molar-refractivity contribution in [1.29, 1.82) is 0 Å². The van der Waals surface area contributed by atoms with Gasteiger partial charge in [0.15, 0.2) is 0 Å². The van der Waals surface area contributed by atoms with Crippen LogP contribution >= 0.6 is 0 Å². The van der Waals surface area contributed by atoms with E-state index in [1.54, 1.807) is 12.3 Å². The maximum atomic E-state index is 10.3. The van der Waals surface area contributed by atoms with Crippen molar-refractivity contribution in [1.82, 2.24) is 9.89 Å². The molecule has 0 amide bonds. The molecule has 1 N–H and O–H groups in total. The van der Waals surface area contributed by atoms with Crippen molar-refractivity contribution in [2.75, 3.05) is 4.83 Å². The number of fused-ring (bicyclic) bond motifs is 1. The highest BCUT2D eigenvalue weighted by atomic mass is 32.2. The Morgan fingerprint density at radius 2 is 2.23 bits per heavy atom. The number of rotatable bonds is 2. The molecule has 2 rings (SSSR count). The van der Waals surface area contributed by atoms with Gasteiger partial charge < -0.3 is 4.55 Å². The van der Waals surface area contributed by atoms with Crippen LogP contribution in [0.25, 0.3) is 10.9 Å². The molecule has 0 aliphatic carbocycles. The van der Waals surface area contributed by atoms with Gasteiger partial charge in [-0.15, -0.1) is 0 Å². The molecule has 5 nitrogen and oxygen atoms in total. The smallest absolute Gasteiger partial charge is 0.0928 e. The minimum absolute atomic E-state index is 0.728. The number of para-hydroxylation sites is 1. The van der Waals surface area contributed by atoms with Gasteiger partial charge in [0.25, 0.3) is 0 Å². The van der Waals surface area contributed by atoms with Gasteiger partial charge in [0, 0.05) is 5.39 Å². The van der Waals surface area contributed by atoms with E-state index in [2.05, 4.69) is 9.93 Å². The molecule has 0 radical (unpaired) electrons. The molecule has 0 aliphatic heterocycles. The fourth-order valence-electron chi connectivity index (χ4n) is 1.12. The van der Waals surface area contributed by atoms with Crippen LogP contribution < -0.4 is 4.83 Å². The van der Waals surface area contributed by atoms with Gasteiger partial charge in [-0.05, 0) is 6.07 Å². The fourth-order valence-corrected chi connectivity index (χ4v) is 1.40. The Bertz CT molecular complexity index is 454. The molecule has 2 aromatic rings. The second kappa shape index (κ2) is 3.15. The molecule has 1 aromatic heterocycles. The Hall–Kier alpha value is -1.40. The van der Waals surface area contributed by atoms with Crippen LogP contribution in [0.4, 0.5) is 0 Å². The van der Waals surface area contributed by atoms with Crippen molar-refractivity contribution in [2.45, 2.75) is 0 Å². The molecule has 0 saturated carbocycles. The van der Waals surface area contributed by atoms with Crippen molar-refractivity contribution in [3.63, 3.8) is 0 Å². The minimum Gasteiger partial charge on any atom is -0.754 e. The average Bonchev–Trinajstić information content (AvgIpc) is 2.48. The number of benzene rings is 1. The quantitative estimate of drug-likeness (QED) is 0.705. The molecular formula is C7H6N3O2S-. The van der Waals surface area contributed by atoms with Crippen molar-refractivity contribution in [3.05, 3.63) is 30.5 Å². The Kier molecular flexibility index (Phi) is 1.99. The summed E-state index contributed by atoms with van der Waals surface area (Å²) in [5, 5.41) is 4.74. The molecule has 0 aliphatic rings. The molecular weight excluding hydrogens is 190 g/mol. The number of nitrogens with zero attached hydrogens (tertiary/aromatic N) is 2. The van der Waals surface area contributed by atoms with Crippen molar-refractivity contribution in [2.24, 2.45) is 0 Å². The summed E-state index contributed by atoms with van der Waals surface area (Å²) < 4.78 is 20.7. The first kappa shape index (κ1) is 8.21. The summed E-state index contributed by atoms with van der Waals surface area (Å²) in [6, 6.07) is 7.31. The van der Waals surface area contributed by atoms with Crippen LogP contribution in [0.5, 0.6) is 0 Å². The van der Waals surface area contributed by atoms with E-state index in [4.69, 9.17) is 0 Å². The van der Waals surface area contributed by atoms with Crippen molar-refractivity contribution < 1.29 is 8.76 Å². The lowest BCUT2D eigenvalue weighted by atomic mass is 10.3. The van der Waals surface area contributed by atoms with Gasteiger partial charge in [-0.2, -0.15) is 9.89 Å². The number of hydrogen-bond acceptors (Lipinski definition) is 3. The normalized spacial score (nSPS) is 13.0. The zero-order valence-corrected chi connectivity index (χ0v) is 7.32. The van der Waals surface area contributed by atoms with E-state index < -0.39 is 11.3 Å². The van der Waals surface area contributed by atoms with Gasteiger partial charge in [0.1, 0.15) is 0 Å². The highest BCUT2D eigenvalue weighted by Gasteiger charge is 1.99. The summed E-state index contributed by atoms with van der Waals surface area (Å²) in [6.07, 6.45) is 1.59. The van der Waals surface area contributed by atoms with E-state index in [9.17, 15) is 8.76 Å². The Morgan fingerprint density at radius 3 is 3.00 bits per heavy atom. The number of nitrogens with one attached hydrogen (secondary N) is 1. The summed E-state index contributed by atoms with van der Waals surface area (Å²) in [6.45, 7) is 0. The van der Waals surface area contributed by atoms with Crippen molar-refractivity contribution >= 4 is 22.2 Å². The molecule has 0 bridgehead atoms. The van der Waals surface area contributed by atoms with Crippen molar-refractivity contribution in [3.8, 4) is 0 Å². The third kappa shape index (κ3) is 1.53. The molecule has 0 spiro atoms. The second-order valence-corrected chi connectivity index (χ2v) is 3.09. The standard InChI is InChI=1S/C7H7N3O2S/c11-13(12)9-10-7-4-2-1-3-6(7)5-8-10/h1-5,9H,(H,11,12)/p-1. The Balaban J connectivity index is 2.51. The lowest BCUT2D eigenvalue weighted by Gasteiger charge is -2.08. The lowest BCUT2D eigenvalue weighted by molar-refractivity contribution is 0.535. The summed E-state index contributed by atoms with van der Waals surface area (Å²) in [4.78, 5) is 3.36. The van der Waals surface area contributed by atoms with E-state index in [0.717, 1.165) is 10.9 Å². The SMILES string of the molecule is O=S([O-])Nn1ncc2ccccc21. The Morgan fingerprint density at radius 1 is 1.46 bits per heavy atom. The molecule has 0 fully saturated rings. The van der Waals surface area contributed by atoms with Crippen LogP contribution in [0.1, 0.15) is 0 Å². The summed E-state index contributed by atoms with van der Waals surface area (Å²) in [7, 11) is 0. The first-order valence-corrected chi connectivity index (χ1v) is 4.63. The highest BCUT2D eigenvalue weighted by molar-refractivity contribution is 7.80. The molecule has 1 unspecified atom stereocenters. The second-order valence-electron chi connectivity index (χ2n) is 2.44. The van der Waals surface area contributed by atoms with Crippen LogP contribution in [0.3, 0.4) is 0 Å².